The Morgan fingerprint density at radius 2 is 2.00 bits per heavy atom. The van der Waals surface area contributed by atoms with E-state index in [0.717, 1.165) is 19.5 Å². The molecular weight excluding hydrogens is 172 g/mol. The van der Waals surface area contributed by atoms with Gasteiger partial charge in [-0.2, -0.15) is 0 Å². The Morgan fingerprint density at radius 3 is 2.50 bits per heavy atom. The van der Waals surface area contributed by atoms with Crippen LogP contribution in [-0.4, -0.2) is 32.1 Å². The van der Waals surface area contributed by atoms with Crippen molar-refractivity contribution in [1.82, 2.24) is 10.2 Å². The Balaban J connectivity index is 4.08. The predicted octanol–water partition coefficient (Wildman–Crippen LogP) is 2.40. The van der Waals surface area contributed by atoms with Crippen LogP contribution < -0.4 is 5.32 Å². The van der Waals surface area contributed by atoms with E-state index in [-0.39, 0.29) is 0 Å². The van der Waals surface area contributed by atoms with E-state index in [9.17, 15) is 0 Å². The smallest absolute Gasteiger partial charge is 0.0294 e. The highest BCUT2D eigenvalue weighted by molar-refractivity contribution is 5.19. The van der Waals surface area contributed by atoms with Crippen molar-refractivity contribution < 1.29 is 0 Å². The molecule has 0 saturated carbocycles. The van der Waals surface area contributed by atoms with Gasteiger partial charge in [0.15, 0.2) is 0 Å². The quantitative estimate of drug-likeness (QED) is 0.656. The van der Waals surface area contributed by atoms with Gasteiger partial charge in [-0.05, 0) is 32.9 Å². The molecule has 0 aromatic heterocycles. The first-order chi connectivity index (χ1) is 6.60. The summed E-state index contributed by atoms with van der Waals surface area (Å²) >= 11 is 0. The molecule has 0 rings (SSSR count). The van der Waals surface area contributed by atoms with Crippen molar-refractivity contribution in [3.8, 4) is 0 Å². The van der Waals surface area contributed by atoms with Gasteiger partial charge in [-0.25, -0.2) is 0 Å². The van der Waals surface area contributed by atoms with Crippen LogP contribution in [-0.2, 0) is 0 Å². The van der Waals surface area contributed by atoms with Crippen molar-refractivity contribution >= 4 is 0 Å². The number of rotatable bonds is 6. The molecule has 2 heteroatoms. The third-order valence-electron chi connectivity index (χ3n) is 2.17. The normalized spacial score (nSPS) is 13.2. The van der Waals surface area contributed by atoms with Gasteiger partial charge in [0.1, 0.15) is 0 Å². The van der Waals surface area contributed by atoms with E-state index >= 15 is 0 Å². The van der Waals surface area contributed by atoms with Gasteiger partial charge in [-0.1, -0.05) is 18.6 Å². The Hall–Kier alpha value is -0.760. The first-order valence-corrected chi connectivity index (χ1v) is 5.30. The summed E-state index contributed by atoms with van der Waals surface area (Å²) in [7, 11) is 4.08. The molecule has 0 aliphatic carbocycles. The largest absolute Gasteiger partial charge is 0.379 e. The standard InChI is InChI=1S/C12H24N2/c1-6-11(2)9-12(3)10-14(5)8-7-13-4/h9-10,13H,6-8H2,1-5H3/b11-9-,12-10-. The van der Waals surface area contributed by atoms with Crippen LogP contribution in [0.5, 0.6) is 0 Å². The third-order valence-corrected chi connectivity index (χ3v) is 2.17. The maximum Gasteiger partial charge on any atom is 0.0294 e. The highest BCUT2D eigenvalue weighted by Crippen LogP contribution is 2.05. The van der Waals surface area contributed by atoms with Crippen molar-refractivity contribution in [2.45, 2.75) is 27.2 Å². The SMILES string of the molecule is CC/C(C)=C\C(C)=C/N(C)CCNC. The average molecular weight is 196 g/mol. The lowest BCUT2D eigenvalue weighted by Gasteiger charge is -2.14. The number of nitrogens with one attached hydrogen (secondary N) is 1. The molecule has 0 saturated heterocycles. The molecule has 0 aromatic rings. The number of likely N-dealkylation sites (N-methyl/N-ethyl adjacent to an activating group) is 2. The van der Waals surface area contributed by atoms with Crippen LogP contribution in [0.1, 0.15) is 27.2 Å². The van der Waals surface area contributed by atoms with Gasteiger partial charge in [0.25, 0.3) is 0 Å². The second-order valence-corrected chi connectivity index (χ2v) is 3.80. The van der Waals surface area contributed by atoms with Crippen LogP contribution in [0.15, 0.2) is 23.4 Å². The van der Waals surface area contributed by atoms with E-state index in [4.69, 9.17) is 0 Å². The monoisotopic (exact) mass is 196 g/mol. The van der Waals surface area contributed by atoms with E-state index in [2.05, 4.69) is 50.3 Å². The van der Waals surface area contributed by atoms with Crippen LogP contribution in [0.4, 0.5) is 0 Å². The van der Waals surface area contributed by atoms with Crippen molar-refractivity contribution in [3.05, 3.63) is 23.4 Å². The summed E-state index contributed by atoms with van der Waals surface area (Å²) in [6.45, 7) is 8.58. The number of hydrogen-bond donors (Lipinski definition) is 1. The van der Waals surface area contributed by atoms with Crippen LogP contribution in [0.2, 0.25) is 0 Å². The molecule has 0 aromatic carbocycles. The minimum absolute atomic E-state index is 1.02. The Morgan fingerprint density at radius 1 is 1.36 bits per heavy atom. The molecular formula is C12H24N2. The predicted molar refractivity (Wildman–Crippen MR) is 64.4 cm³/mol. The lowest BCUT2D eigenvalue weighted by atomic mass is 10.1. The number of nitrogens with zero attached hydrogens (tertiary/aromatic N) is 1. The maximum absolute atomic E-state index is 3.14. The lowest BCUT2D eigenvalue weighted by Crippen LogP contribution is -2.23. The molecule has 0 aliphatic rings. The average Bonchev–Trinajstić information content (AvgIpc) is 2.14. The van der Waals surface area contributed by atoms with E-state index < -0.39 is 0 Å². The molecule has 0 fully saturated rings. The Labute approximate surface area is 88.7 Å². The highest BCUT2D eigenvalue weighted by atomic mass is 15.1. The molecule has 0 atom stereocenters. The fourth-order valence-corrected chi connectivity index (χ4v) is 1.23. The molecule has 0 amide bonds. The first-order valence-electron chi connectivity index (χ1n) is 5.30. The van der Waals surface area contributed by atoms with Crippen LogP contribution in [0.3, 0.4) is 0 Å². The molecule has 0 aliphatic heterocycles. The van der Waals surface area contributed by atoms with Gasteiger partial charge in [0.05, 0.1) is 0 Å². The molecule has 0 spiro atoms. The summed E-state index contributed by atoms with van der Waals surface area (Å²) in [5.41, 5.74) is 2.75. The summed E-state index contributed by atoms with van der Waals surface area (Å²) in [6, 6.07) is 0. The molecule has 0 bridgehead atoms. The summed E-state index contributed by atoms with van der Waals surface area (Å²) in [5.74, 6) is 0. The molecule has 14 heavy (non-hydrogen) atoms. The highest BCUT2D eigenvalue weighted by Gasteiger charge is 1.92. The van der Waals surface area contributed by atoms with Gasteiger partial charge >= 0.3 is 0 Å². The molecule has 0 heterocycles. The lowest BCUT2D eigenvalue weighted by molar-refractivity contribution is 0.449. The zero-order valence-electron chi connectivity index (χ0n) is 10.2. The first kappa shape index (κ1) is 13.2. The van der Waals surface area contributed by atoms with Gasteiger partial charge in [0.2, 0.25) is 0 Å². The Kier molecular flexibility index (Phi) is 7.21. The minimum atomic E-state index is 1.02. The van der Waals surface area contributed by atoms with Crippen molar-refractivity contribution in [2.24, 2.45) is 0 Å². The van der Waals surface area contributed by atoms with Crippen molar-refractivity contribution in [1.29, 1.82) is 0 Å². The summed E-state index contributed by atoms with van der Waals surface area (Å²) in [5, 5.41) is 3.14. The maximum atomic E-state index is 3.14. The van der Waals surface area contributed by atoms with Crippen LogP contribution in [0.25, 0.3) is 0 Å². The second-order valence-electron chi connectivity index (χ2n) is 3.80. The van der Waals surface area contributed by atoms with Crippen molar-refractivity contribution in [3.63, 3.8) is 0 Å². The molecule has 0 unspecified atom stereocenters. The zero-order chi connectivity index (χ0) is 11.0. The van der Waals surface area contributed by atoms with E-state index in [0.29, 0.717) is 0 Å². The van der Waals surface area contributed by atoms with E-state index in [1.807, 2.05) is 7.05 Å². The molecule has 0 radical (unpaired) electrons. The van der Waals surface area contributed by atoms with Gasteiger partial charge < -0.3 is 10.2 Å². The zero-order valence-corrected chi connectivity index (χ0v) is 10.2. The number of allylic oxidation sites excluding steroid dienone is 3. The summed E-state index contributed by atoms with van der Waals surface area (Å²) < 4.78 is 0. The molecule has 2 nitrogen and oxygen atoms in total. The fraction of sp³-hybridized carbons (Fsp3) is 0.667. The second kappa shape index (κ2) is 7.63. The minimum Gasteiger partial charge on any atom is -0.379 e. The number of hydrogen-bond acceptors (Lipinski definition) is 2. The van der Waals surface area contributed by atoms with E-state index in [1.54, 1.807) is 0 Å². The Bertz CT molecular complexity index is 204. The van der Waals surface area contributed by atoms with Crippen LogP contribution >= 0.6 is 0 Å². The van der Waals surface area contributed by atoms with Gasteiger partial charge in [-0.3, -0.25) is 0 Å². The summed E-state index contributed by atoms with van der Waals surface area (Å²) in [6.07, 6.45) is 5.57. The van der Waals surface area contributed by atoms with Crippen LogP contribution in [0, 0.1) is 0 Å². The third kappa shape index (κ3) is 6.72. The molecule has 1 N–H and O–H groups in total. The topological polar surface area (TPSA) is 15.3 Å². The van der Waals surface area contributed by atoms with E-state index in [1.165, 1.54) is 11.1 Å². The molecule has 82 valence electrons. The van der Waals surface area contributed by atoms with Gasteiger partial charge in [-0.15, -0.1) is 0 Å². The fourth-order valence-electron chi connectivity index (χ4n) is 1.23. The van der Waals surface area contributed by atoms with Gasteiger partial charge in [0, 0.05) is 26.3 Å². The summed E-state index contributed by atoms with van der Waals surface area (Å²) in [4.78, 5) is 2.21. The van der Waals surface area contributed by atoms with Crippen molar-refractivity contribution in [2.75, 3.05) is 27.2 Å².